The molecule has 0 spiro atoms. The van der Waals surface area contributed by atoms with Gasteiger partial charge in [0.25, 0.3) is 5.91 Å². The lowest BCUT2D eigenvalue weighted by atomic mass is 9.89. The minimum absolute atomic E-state index is 0.0218. The van der Waals surface area contributed by atoms with Crippen LogP contribution >= 0.6 is 11.3 Å². The molecule has 120 valence electrons. The number of carbonyl (C=O) groups is 1. The van der Waals surface area contributed by atoms with E-state index in [1.807, 2.05) is 38.3 Å². The predicted molar refractivity (Wildman–Crippen MR) is 85.9 cm³/mol. The summed E-state index contributed by atoms with van der Waals surface area (Å²) in [7, 11) is 0. The summed E-state index contributed by atoms with van der Waals surface area (Å²) in [4.78, 5) is 13.1. The van der Waals surface area contributed by atoms with Crippen molar-refractivity contribution in [3.05, 3.63) is 34.3 Å². The average Bonchev–Trinajstić information content (AvgIpc) is 3.06. The number of hydrogen-bond donors (Lipinski definition) is 2. The predicted octanol–water partition coefficient (Wildman–Crippen LogP) is 1.91. The van der Waals surface area contributed by atoms with Gasteiger partial charge in [-0.3, -0.25) is 4.79 Å². The largest absolute Gasteiger partial charge is 0.391 e. The van der Waals surface area contributed by atoms with E-state index in [1.54, 1.807) is 22.2 Å². The Labute approximate surface area is 134 Å². The van der Waals surface area contributed by atoms with E-state index in [1.165, 1.54) is 0 Å². The van der Waals surface area contributed by atoms with E-state index in [-0.39, 0.29) is 23.6 Å². The molecule has 0 bridgehead atoms. The van der Waals surface area contributed by atoms with Crippen molar-refractivity contribution < 1.29 is 9.90 Å². The van der Waals surface area contributed by atoms with E-state index in [2.05, 4.69) is 15.6 Å². The van der Waals surface area contributed by atoms with Crippen LogP contribution in [-0.2, 0) is 6.54 Å². The second-order valence-electron chi connectivity index (χ2n) is 6.51. The maximum Gasteiger partial charge on any atom is 0.273 e. The Kier molecular flexibility index (Phi) is 5.31. The van der Waals surface area contributed by atoms with Crippen molar-refractivity contribution in [1.82, 2.24) is 20.3 Å². The van der Waals surface area contributed by atoms with Gasteiger partial charge in [-0.15, -0.1) is 16.4 Å². The lowest BCUT2D eigenvalue weighted by Crippen LogP contribution is -2.34. The van der Waals surface area contributed by atoms with Gasteiger partial charge in [0, 0.05) is 11.4 Å². The first-order valence-electron chi connectivity index (χ1n) is 7.22. The van der Waals surface area contributed by atoms with Gasteiger partial charge in [0.05, 0.1) is 18.8 Å². The second kappa shape index (κ2) is 7.02. The fraction of sp³-hybridized carbons (Fsp3) is 0.533. The molecule has 0 aliphatic rings. The normalized spacial score (nSPS) is 13.1. The van der Waals surface area contributed by atoms with E-state index in [0.29, 0.717) is 13.0 Å². The molecule has 1 unspecified atom stereocenters. The highest BCUT2D eigenvalue weighted by Crippen LogP contribution is 2.20. The van der Waals surface area contributed by atoms with Gasteiger partial charge in [-0.05, 0) is 23.3 Å². The quantitative estimate of drug-likeness (QED) is 0.851. The standard InChI is InChI=1S/C15H22N4O2S/c1-15(2,3)7-11(20)8-16-14(21)13-10-19(18-17-13)9-12-5-4-6-22-12/h4-6,10-11,20H,7-9H2,1-3H3,(H,16,21). The first kappa shape index (κ1) is 16.6. The third-order valence-corrected chi connectivity index (χ3v) is 3.88. The molecule has 2 rings (SSSR count). The first-order valence-corrected chi connectivity index (χ1v) is 8.10. The van der Waals surface area contributed by atoms with Crippen LogP contribution in [0, 0.1) is 5.41 Å². The highest BCUT2D eigenvalue weighted by molar-refractivity contribution is 7.09. The molecule has 2 aromatic rings. The average molecular weight is 322 g/mol. The van der Waals surface area contributed by atoms with Crippen LogP contribution in [0.3, 0.4) is 0 Å². The Morgan fingerprint density at radius 3 is 2.91 bits per heavy atom. The van der Waals surface area contributed by atoms with Gasteiger partial charge in [-0.1, -0.05) is 32.1 Å². The highest BCUT2D eigenvalue weighted by Gasteiger charge is 2.18. The number of aliphatic hydroxyl groups is 1. The summed E-state index contributed by atoms with van der Waals surface area (Å²) in [6, 6.07) is 3.98. The number of nitrogens with zero attached hydrogens (tertiary/aromatic N) is 3. The number of carbonyl (C=O) groups excluding carboxylic acids is 1. The van der Waals surface area contributed by atoms with Crippen molar-refractivity contribution >= 4 is 17.2 Å². The highest BCUT2D eigenvalue weighted by atomic mass is 32.1. The Hall–Kier alpha value is -1.73. The van der Waals surface area contributed by atoms with Crippen LogP contribution in [0.4, 0.5) is 0 Å². The summed E-state index contributed by atoms with van der Waals surface area (Å²) in [6.45, 7) is 6.97. The van der Waals surface area contributed by atoms with E-state index in [9.17, 15) is 9.90 Å². The minimum atomic E-state index is -0.565. The number of aromatic nitrogens is 3. The first-order chi connectivity index (χ1) is 10.3. The zero-order valence-electron chi connectivity index (χ0n) is 13.1. The van der Waals surface area contributed by atoms with Gasteiger partial charge < -0.3 is 10.4 Å². The minimum Gasteiger partial charge on any atom is -0.391 e. The molecular weight excluding hydrogens is 300 g/mol. The molecule has 7 heteroatoms. The van der Waals surface area contributed by atoms with Gasteiger partial charge >= 0.3 is 0 Å². The molecule has 0 radical (unpaired) electrons. The summed E-state index contributed by atoms with van der Waals surface area (Å²) in [5.41, 5.74) is 0.285. The molecule has 22 heavy (non-hydrogen) atoms. The van der Waals surface area contributed by atoms with Crippen molar-refractivity contribution in [2.24, 2.45) is 5.41 Å². The monoisotopic (exact) mass is 322 g/mol. The summed E-state index contributed by atoms with van der Waals surface area (Å²) in [6.07, 6.45) is 1.67. The topological polar surface area (TPSA) is 80.0 Å². The van der Waals surface area contributed by atoms with Gasteiger partial charge in [0.2, 0.25) is 0 Å². The third kappa shape index (κ3) is 5.23. The number of hydrogen-bond acceptors (Lipinski definition) is 5. The van der Waals surface area contributed by atoms with E-state index in [4.69, 9.17) is 0 Å². The number of nitrogens with one attached hydrogen (secondary N) is 1. The van der Waals surface area contributed by atoms with E-state index >= 15 is 0 Å². The Morgan fingerprint density at radius 1 is 1.50 bits per heavy atom. The maximum absolute atomic E-state index is 12.0. The third-order valence-electron chi connectivity index (χ3n) is 3.02. The Bertz CT molecular complexity index is 601. The molecular formula is C15H22N4O2S. The maximum atomic E-state index is 12.0. The molecule has 2 heterocycles. The molecule has 0 aromatic carbocycles. The molecule has 6 nitrogen and oxygen atoms in total. The van der Waals surface area contributed by atoms with Gasteiger partial charge in [0.1, 0.15) is 0 Å². The van der Waals surface area contributed by atoms with Crippen LogP contribution < -0.4 is 5.32 Å². The lowest BCUT2D eigenvalue weighted by Gasteiger charge is -2.22. The van der Waals surface area contributed by atoms with Crippen molar-refractivity contribution in [3.8, 4) is 0 Å². The van der Waals surface area contributed by atoms with Gasteiger partial charge in [-0.25, -0.2) is 4.68 Å². The van der Waals surface area contributed by atoms with Crippen molar-refractivity contribution in [2.75, 3.05) is 6.54 Å². The fourth-order valence-electron chi connectivity index (χ4n) is 2.12. The number of aliphatic hydroxyl groups excluding tert-OH is 1. The summed E-state index contributed by atoms with van der Waals surface area (Å²) >= 11 is 1.63. The Morgan fingerprint density at radius 2 is 2.27 bits per heavy atom. The van der Waals surface area contributed by atoms with Crippen LogP contribution in [0.1, 0.15) is 42.6 Å². The second-order valence-corrected chi connectivity index (χ2v) is 7.54. The lowest BCUT2D eigenvalue weighted by molar-refractivity contribution is 0.0864. The summed E-state index contributed by atoms with van der Waals surface area (Å²) in [5.74, 6) is -0.314. The molecule has 2 N–H and O–H groups in total. The molecule has 0 saturated carbocycles. The molecule has 1 amide bonds. The molecule has 0 aliphatic heterocycles. The van der Waals surface area contributed by atoms with Gasteiger partial charge in [-0.2, -0.15) is 0 Å². The molecule has 0 saturated heterocycles. The van der Waals surface area contributed by atoms with Crippen LogP contribution in [0.25, 0.3) is 0 Å². The molecule has 0 aliphatic carbocycles. The number of amides is 1. The van der Waals surface area contributed by atoms with Crippen LogP contribution in [0.2, 0.25) is 0 Å². The van der Waals surface area contributed by atoms with Gasteiger partial charge in [0.15, 0.2) is 5.69 Å². The fourth-order valence-corrected chi connectivity index (χ4v) is 2.82. The van der Waals surface area contributed by atoms with Crippen molar-refractivity contribution in [3.63, 3.8) is 0 Å². The zero-order chi connectivity index (χ0) is 16.2. The summed E-state index contributed by atoms with van der Waals surface area (Å²) < 4.78 is 1.63. The van der Waals surface area contributed by atoms with Crippen molar-refractivity contribution in [2.45, 2.75) is 39.8 Å². The van der Waals surface area contributed by atoms with E-state index in [0.717, 1.165) is 4.88 Å². The number of thiophene rings is 1. The van der Waals surface area contributed by atoms with Crippen LogP contribution in [-0.4, -0.2) is 38.7 Å². The smallest absolute Gasteiger partial charge is 0.273 e. The molecule has 1 atom stereocenters. The van der Waals surface area contributed by atoms with Crippen molar-refractivity contribution in [1.29, 1.82) is 0 Å². The SMILES string of the molecule is CC(C)(C)CC(O)CNC(=O)c1cn(Cc2cccs2)nn1. The van der Waals surface area contributed by atoms with Crippen LogP contribution in [0.5, 0.6) is 0 Å². The number of rotatable bonds is 6. The molecule has 2 aromatic heterocycles. The zero-order valence-corrected chi connectivity index (χ0v) is 13.9. The molecule has 0 fully saturated rings. The summed E-state index contributed by atoms with van der Waals surface area (Å²) in [5, 5.41) is 22.4. The Balaban J connectivity index is 1.84. The van der Waals surface area contributed by atoms with E-state index < -0.39 is 6.10 Å². The van der Waals surface area contributed by atoms with Crippen LogP contribution in [0.15, 0.2) is 23.7 Å².